The van der Waals surface area contributed by atoms with Crippen LogP contribution >= 0.6 is 0 Å². The van der Waals surface area contributed by atoms with Gasteiger partial charge >= 0.3 is 0 Å². The number of nitrogens with zero attached hydrogens (tertiary/aromatic N) is 6. The van der Waals surface area contributed by atoms with Crippen LogP contribution in [-0.2, 0) is 0 Å². The fourth-order valence-corrected chi connectivity index (χ4v) is 4.82. The monoisotopic (exact) mass is 391 g/mol. The average Bonchev–Trinajstić information content (AvgIpc) is 3.39. The largest absolute Gasteiger partial charge is 0.352 e. The fraction of sp³-hybridized carbons (Fsp3) is 0.500. The maximum atomic E-state index is 8.93. The van der Waals surface area contributed by atoms with Gasteiger partial charge in [-0.25, -0.2) is 4.98 Å². The molecule has 0 spiro atoms. The Morgan fingerprint density at radius 3 is 2.79 bits per heavy atom. The molecule has 2 fully saturated rings. The van der Waals surface area contributed by atoms with E-state index in [4.69, 9.17) is 10.2 Å². The molecule has 0 aromatic carbocycles. The summed E-state index contributed by atoms with van der Waals surface area (Å²) in [6.45, 7) is 2.86. The van der Waals surface area contributed by atoms with Crippen LogP contribution in [0.3, 0.4) is 0 Å². The topological polar surface area (TPSA) is 110 Å². The van der Waals surface area contributed by atoms with E-state index in [0.29, 0.717) is 30.4 Å². The van der Waals surface area contributed by atoms with E-state index in [-0.39, 0.29) is 0 Å². The summed E-state index contributed by atoms with van der Waals surface area (Å²) in [5, 5.41) is 23.0. The molecule has 9 heteroatoms. The molecule has 150 valence electrons. The number of imidazole rings is 1. The van der Waals surface area contributed by atoms with Gasteiger partial charge < -0.3 is 10.6 Å². The van der Waals surface area contributed by atoms with E-state index in [0.717, 1.165) is 42.5 Å². The van der Waals surface area contributed by atoms with Crippen molar-refractivity contribution in [2.45, 2.75) is 57.2 Å². The standard InChI is InChI=1S/C20H25N9/c1-13-9-18(27-26-13)24-17-12-19-22-6-8-29(19)20(25-17)23-14-10-15-3-4-16(11-14)28(15)7-2-5-21/h6,8-9,12,14-16H,2-4,7,10-11H2,1H3,(H,23,25)(H2,24,26,27)/t14?,15-,16?/m0/s1. The van der Waals surface area contributed by atoms with Crippen molar-refractivity contribution in [2.75, 3.05) is 17.2 Å². The van der Waals surface area contributed by atoms with Gasteiger partial charge in [-0.15, -0.1) is 0 Å². The Bertz CT molecular complexity index is 1030. The molecule has 5 heterocycles. The third-order valence-corrected chi connectivity index (χ3v) is 6.05. The minimum Gasteiger partial charge on any atom is -0.352 e. The molecule has 3 aromatic heterocycles. The lowest BCUT2D eigenvalue weighted by Gasteiger charge is -2.39. The van der Waals surface area contributed by atoms with Gasteiger partial charge in [-0.2, -0.15) is 15.3 Å². The normalized spacial score (nSPS) is 23.9. The lowest BCUT2D eigenvalue weighted by atomic mass is 9.97. The van der Waals surface area contributed by atoms with E-state index < -0.39 is 0 Å². The highest BCUT2D eigenvalue weighted by Crippen LogP contribution is 2.36. The number of nitriles is 1. The highest BCUT2D eigenvalue weighted by atomic mass is 15.3. The third kappa shape index (κ3) is 3.51. The Balaban J connectivity index is 1.35. The molecule has 2 aliphatic rings. The van der Waals surface area contributed by atoms with Crippen LogP contribution in [0.15, 0.2) is 24.5 Å². The quantitative estimate of drug-likeness (QED) is 0.593. The summed E-state index contributed by atoms with van der Waals surface area (Å²) in [5.41, 5.74) is 1.83. The van der Waals surface area contributed by atoms with Gasteiger partial charge in [0, 0.05) is 61.3 Å². The predicted octanol–water partition coefficient (Wildman–Crippen LogP) is 2.83. The smallest absolute Gasteiger partial charge is 0.210 e. The zero-order chi connectivity index (χ0) is 19.8. The zero-order valence-electron chi connectivity index (χ0n) is 16.5. The first-order valence-electron chi connectivity index (χ1n) is 10.2. The number of H-pyrrole nitrogens is 1. The lowest BCUT2D eigenvalue weighted by molar-refractivity contribution is 0.135. The predicted molar refractivity (Wildman–Crippen MR) is 110 cm³/mol. The highest BCUT2D eigenvalue weighted by molar-refractivity contribution is 5.61. The second kappa shape index (κ2) is 7.37. The molecule has 9 nitrogen and oxygen atoms in total. The van der Waals surface area contributed by atoms with Gasteiger partial charge in [-0.3, -0.25) is 14.4 Å². The molecule has 0 radical (unpaired) electrons. The molecule has 29 heavy (non-hydrogen) atoms. The number of aryl methyl sites for hydroxylation is 1. The SMILES string of the molecule is Cc1cc(Nc2cc3nccn3c(NC3CC4CC[C@@H](C3)N4CCC#N)n2)n[nH]1. The van der Waals surface area contributed by atoms with Crippen LogP contribution < -0.4 is 10.6 Å². The third-order valence-electron chi connectivity index (χ3n) is 6.05. The van der Waals surface area contributed by atoms with Crippen LogP contribution in [0.25, 0.3) is 5.65 Å². The van der Waals surface area contributed by atoms with Gasteiger partial charge in [-0.05, 0) is 32.6 Å². The Morgan fingerprint density at radius 2 is 2.07 bits per heavy atom. The minimum atomic E-state index is 0.367. The minimum absolute atomic E-state index is 0.367. The molecular weight excluding hydrogens is 366 g/mol. The van der Waals surface area contributed by atoms with Crippen LogP contribution in [0.1, 0.15) is 37.8 Å². The van der Waals surface area contributed by atoms with Gasteiger partial charge in [0.15, 0.2) is 5.82 Å². The maximum Gasteiger partial charge on any atom is 0.210 e. The average molecular weight is 391 g/mol. The molecular formula is C20H25N9. The molecule has 2 saturated heterocycles. The van der Waals surface area contributed by atoms with Crippen molar-refractivity contribution in [3.8, 4) is 6.07 Å². The molecule has 0 saturated carbocycles. The van der Waals surface area contributed by atoms with E-state index in [2.05, 4.69) is 36.8 Å². The highest BCUT2D eigenvalue weighted by Gasteiger charge is 2.40. The summed E-state index contributed by atoms with van der Waals surface area (Å²) in [6, 6.07) is 7.64. The first-order chi connectivity index (χ1) is 14.2. The first-order valence-corrected chi connectivity index (χ1v) is 10.2. The van der Waals surface area contributed by atoms with Crippen LogP contribution in [-0.4, -0.2) is 54.1 Å². The van der Waals surface area contributed by atoms with Gasteiger partial charge in [0.2, 0.25) is 5.95 Å². The van der Waals surface area contributed by atoms with Crippen molar-refractivity contribution in [3.05, 3.63) is 30.2 Å². The number of hydrogen-bond acceptors (Lipinski definition) is 7. The lowest BCUT2D eigenvalue weighted by Crippen LogP contribution is -2.47. The van der Waals surface area contributed by atoms with Crippen molar-refractivity contribution in [2.24, 2.45) is 0 Å². The maximum absolute atomic E-state index is 8.93. The van der Waals surface area contributed by atoms with E-state index in [1.54, 1.807) is 6.20 Å². The number of anilines is 3. The molecule has 2 bridgehead atoms. The first kappa shape index (κ1) is 17.9. The molecule has 0 aliphatic carbocycles. The molecule has 3 N–H and O–H groups in total. The van der Waals surface area contributed by atoms with Crippen LogP contribution in [0, 0.1) is 18.3 Å². The molecule has 3 atom stereocenters. The van der Waals surface area contributed by atoms with Crippen LogP contribution in [0.4, 0.5) is 17.6 Å². The molecule has 2 unspecified atom stereocenters. The van der Waals surface area contributed by atoms with Crippen molar-refractivity contribution in [1.29, 1.82) is 5.26 Å². The van der Waals surface area contributed by atoms with Crippen molar-refractivity contribution < 1.29 is 0 Å². The van der Waals surface area contributed by atoms with Crippen LogP contribution in [0.5, 0.6) is 0 Å². The van der Waals surface area contributed by atoms with E-state index in [1.807, 2.05) is 29.7 Å². The van der Waals surface area contributed by atoms with Gasteiger partial charge in [-0.1, -0.05) is 0 Å². The second-order valence-electron chi connectivity index (χ2n) is 8.03. The summed E-state index contributed by atoms with van der Waals surface area (Å²) in [7, 11) is 0. The number of aromatic amines is 1. The Kier molecular flexibility index (Phi) is 4.56. The molecule has 0 amide bonds. The van der Waals surface area contributed by atoms with Crippen molar-refractivity contribution in [1.82, 2.24) is 29.5 Å². The summed E-state index contributed by atoms with van der Waals surface area (Å²) < 4.78 is 1.99. The van der Waals surface area contributed by atoms with Gasteiger partial charge in [0.25, 0.3) is 0 Å². The Hall–Kier alpha value is -3.12. The number of rotatable bonds is 6. The van der Waals surface area contributed by atoms with Gasteiger partial charge in [0.05, 0.1) is 6.07 Å². The molecule has 5 rings (SSSR count). The van der Waals surface area contributed by atoms with E-state index in [1.165, 1.54) is 12.8 Å². The summed E-state index contributed by atoms with van der Waals surface area (Å²) >= 11 is 0. The zero-order valence-corrected chi connectivity index (χ0v) is 16.5. The fourth-order valence-electron chi connectivity index (χ4n) is 4.82. The molecule has 3 aromatic rings. The van der Waals surface area contributed by atoms with E-state index >= 15 is 0 Å². The summed E-state index contributed by atoms with van der Waals surface area (Å²) in [4.78, 5) is 11.8. The number of hydrogen-bond donors (Lipinski definition) is 3. The Morgan fingerprint density at radius 1 is 1.24 bits per heavy atom. The number of aromatic nitrogens is 5. The number of piperidine rings is 1. The summed E-state index contributed by atoms with van der Waals surface area (Å²) in [6.07, 6.45) is 8.95. The number of fused-ring (bicyclic) bond motifs is 3. The Labute approximate surface area is 169 Å². The van der Waals surface area contributed by atoms with Gasteiger partial charge in [0.1, 0.15) is 11.5 Å². The summed E-state index contributed by atoms with van der Waals surface area (Å²) in [5.74, 6) is 2.25. The number of nitrogens with one attached hydrogen (secondary N) is 3. The van der Waals surface area contributed by atoms with E-state index in [9.17, 15) is 0 Å². The van der Waals surface area contributed by atoms with Crippen LogP contribution in [0.2, 0.25) is 0 Å². The van der Waals surface area contributed by atoms with Crippen molar-refractivity contribution in [3.63, 3.8) is 0 Å². The van der Waals surface area contributed by atoms with Crippen molar-refractivity contribution >= 4 is 23.2 Å². The molecule has 2 aliphatic heterocycles. The second-order valence-corrected chi connectivity index (χ2v) is 8.03.